The van der Waals surface area contributed by atoms with Gasteiger partial charge in [0.2, 0.25) is 0 Å². The molecule has 2 rings (SSSR count). The van der Waals surface area contributed by atoms with Crippen LogP contribution in [0.5, 0.6) is 5.75 Å². The Balaban J connectivity index is 2.21. The van der Waals surface area contributed by atoms with Crippen LogP contribution >= 0.6 is 31.9 Å². The number of benzene rings is 2. The predicted molar refractivity (Wildman–Crippen MR) is 85.4 cm³/mol. The smallest absolute Gasteiger partial charge is 0.136 e. The molecule has 4 heteroatoms. The molecule has 19 heavy (non-hydrogen) atoms. The van der Waals surface area contributed by atoms with Crippen LogP contribution in [0.4, 0.5) is 0 Å². The lowest BCUT2D eigenvalue weighted by atomic mass is 10.1. The first-order valence-corrected chi connectivity index (χ1v) is 7.57. The molecule has 100 valence electrons. The van der Waals surface area contributed by atoms with Crippen molar-refractivity contribution in [2.45, 2.75) is 13.0 Å². The second-order valence-electron chi connectivity index (χ2n) is 4.31. The number of rotatable bonds is 4. The highest BCUT2D eigenvalue weighted by atomic mass is 79.9. The number of nitrogens with two attached hydrogens (primary N) is 1. The minimum absolute atomic E-state index is 0.141. The van der Waals surface area contributed by atoms with E-state index >= 15 is 0 Å². The molecule has 0 aliphatic heterocycles. The van der Waals surface area contributed by atoms with Crippen molar-refractivity contribution in [3.8, 4) is 5.75 Å². The summed E-state index contributed by atoms with van der Waals surface area (Å²) in [5.41, 5.74) is 8.03. The van der Waals surface area contributed by atoms with Gasteiger partial charge in [-0.05, 0) is 48.4 Å². The molecule has 0 saturated heterocycles. The first-order valence-electron chi connectivity index (χ1n) is 5.98. The van der Waals surface area contributed by atoms with E-state index in [9.17, 15) is 0 Å². The number of halogens is 2. The normalized spacial score (nSPS) is 12.2. The molecule has 0 saturated carbocycles. The van der Waals surface area contributed by atoms with Gasteiger partial charge >= 0.3 is 0 Å². The van der Waals surface area contributed by atoms with Gasteiger partial charge < -0.3 is 10.5 Å². The fourth-order valence-corrected chi connectivity index (χ4v) is 2.48. The highest BCUT2D eigenvalue weighted by Crippen LogP contribution is 2.27. The highest BCUT2D eigenvalue weighted by molar-refractivity contribution is 9.10. The van der Waals surface area contributed by atoms with Crippen LogP contribution in [0.2, 0.25) is 0 Å². The molecular weight excluding hydrogens is 370 g/mol. The third-order valence-corrected chi connectivity index (χ3v) is 4.23. The van der Waals surface area contributed by atoms with E-state index in [0.29, 0.717) is 6.54 Å². The van der Waals surface area contributed by atoms with Crippen LogP contribution < -0.4 is 10.5 Å². The average molecular weight is 385 g/mol. The Morgan fingerprint density at radius 3 is 2.58 bits per heavy atom. The minimum atomic E-state index is -0.141. The van der Waals surface area contributed by atoms with Crippen molar-refractivity contribution >= 4 is 31.9 Å². The fraction of sp³-hybridized carbons (Fsp3) is 0.200. The van der Waals surface area contributed by atoms with Gasteiger partial charge in [0.25, 0.3) is 0 Å². The van der Waals surface area contributed by atoms with E-state index in [0.717, 1.165) is 25.8 Å². The Hall–Kier alpha value is -0.840. The molecule has 2 aromatic rings. The summed E-state index contributed by atoms with van der Waals surface area (Å²) in [6.45, 7) is 2.47. The minimum Gasteiger partial charge on any atom is -0.484 e. The van der Waals surface area contributed by atoms with E-state index < -0.39 is 0 Å². The fourth-order valence-electron chi connectivity index (χ4n) is 1.81. The first kappa shape index (κ1) is 14.6. The summed E-state index contributed by atoms with van der Waals surface area (Å²) in [6, 6.07) is 14.0. The summed E-state index contributed by atoms with van der Waals surface area (Å²) in [5.74, 6) is 0.830. The Morgan fingerprint density at radius 1 is 1.16 bits per heavy atom. The summed E-state index contributed by atoms with van der Waals surface area (Å²) in [6.07, 6.45) is -0.141. The largest absolute Gasteiger partial charge is 0.484 e. The van der Waals surface area contributed by atoms with E-state index in [1.54, 1.807) is 0 Å². The number of ether oxygens (including phenoxy) is 1. The quantitative estimate of drug-likeness (QED) is 0.835. The Morgan fingerprint density at radius 2 is 1.95 bits per heavy atom. The van der Waals surface area contributed by atoms with E-state index in [-0.39, 0.29) is 6.10 Å². The average Bonchev–Trinajstić information content (AvgIpc) is 2.40. The van der Waals surface area contributed by atoms with Gasteiger partial charge in [0.1, 0.15) is 11.9 Å². The van der Waals surface area contributed by atoms with Crippen molar-refractivity contribution in [2.75, 3.05) is 6.54 Å². The molecule has 0 aromatic heterocycles. The molecule has 0 amide bonds. The molecule has 2 N–H and O–H groups in total. The summed E-state index contributed by atoms with van der Waals surface area (Å²) >= 11 is 6.94. The van der Waals surface area contributed by atoms with Crippen LogP contribution in [-0.4, -0.2) is 6.54 Å². The summed E-state index contributed by atoms with van der Waals surface area (Å²) in [7, 11) is 0. The van der Waals surface area contributed by atoms with Crippen LogP contribution in [0.3, 0.4) is 0 Å². The summed E-state index contributed by atoms with van der Waals surface area (Å²) in [5, 5.41) is 0. The van der Waals surface area contributed by atoms with Gasteiger partial charge in [0.05, 0.1) is 0 Å². The summed E-state index contributed by atoms with van der Waals surface area (Å²) < 4.78 is 8.08. The van der Waals surface area contributed by atoms with Crippen molar-refractivity contribution in [2.24, 2.45) is 5.73 Å². The SMILES string of the molecule is Cc1cc(OC(CN)c2cccc(Br)c2)ccc1Br. The van der Waals surface area contributed by atoms with E-state index in [2.05, 4.69) is 31.9 Å². The Kier molecular flexibility index (Phi) is 5.02. The lowest BCUT2D eigenvalue weighted by Crippen LogP contribution is -2.18. The molecule has 2 nitrogen and oxygen atoms in total. The third-order valence-electron chi connectivity index (χ3n) is 2.84. The lowest BCUT2D eigenvalue weighted by molar-refractivity contribution is 0.214. The molecule has 0 radical (unpaired) electrons. The topological polar surface area (TPSA) is 35.2 Å². The molecule has 2 aromatic carbocycles. The zero-order valence-electron chi connectivity index (χ0n) is 10.6. The van der Waals surface area contributed by atoms with Crippen LogP contribution in [-0.2, 0) is 0 Å². The molecular formula is C15H15Br2NO. The van der Waals surface area contributed by atoms with Gasteiger partial charge in [-0.2, -0.15) is 0 Å². The van der Waals surface area contributed by atoms with Crippen LogP contribution in [0.25, 0.3) is 0 Å². The maximum atomic E-state index is 5.97. The molecule has 0 bridgehead atoms. The van der Waals surface area contributed by atoms with E-state index in [4.69, 9.17) is 10.5 Å². The number of aryl methyl sites for hydroxylation is 1. The molecule has 0 heterocycles. The number of hydrogen-bond acceptors (Lipinski definition) is 2. The zero-order valence-corrected chi connectivity index (χ0v) is 13.7. The van der Waals surface area contributed by atoms with Gasteiger partial charge in [-0.15, -0.1) is 0 Å². The second kappa shape index (κ2) is 6.55. The maximum absolute atomic E-state index is 5.97. The van der Waals surface area contributed by atoms with Crippen molar-refractivity contribution in [1.82, 2.24) is 0 Å². The van der Waals surface area contributed by atoms with Gasteiger partial charge in [-0.25, -0.2) is 0 Å². The van der Waals surface area contributed by atoms with Crippen LogP contribution in [0.15, 0.2) is 51.4 Å². The van der Waals surface area contributed by atoms with Gasteiger partial charge in [-0.3, -0.25) is 0 Å². The molecule has 0 fully saturated rings. The van der Waals surface area contributed by atoms with Crippen molar-refractivity contribution < 1.29 is 4.74 Å². The standard InChI is InChI=1S/C15H15Br2NO/c1-10-7-13(5-6-14(10)17)19-15(9-18)11-3-2-4-12(16)8-11/h2-8,15H,9,18H2,1H3. The maximum Gasteiger partial charge on any atom is 0.136 e. The Bertz CT molecular complexity index is 572. The summed E-state index contributed by atoms with van der Waals surface area (Å²) in [4.78, 5) is 0. The van der Waals surface area contributed by atoms with Gasteiger partial charge in [0, 0.05) is 15.5 Å². The predicted octanol–water partition coefficient (Wildman–Crippen LogP) is 4.60. The van der Waals surface area contributed by atoms with Gasteiger partial charge in [-0.1, -0.05) is 44.0 Å². The third kappa shape index (κ3) is 3.81. The van der Waals surface area contributed by atoms with Crippen molar-refractivity contribution in [1.29, 1.82) is 0 Å². The van der Waals surface area contributed by atoms with E-state index in [1.807, 2.05) is 49.4 Å². The molecule has 0 spiro atoms. The molecule has 1 atom stereocenters. The van der Waals surface area contributed by atoms with Crippen molar-refractivity contribution in [3.05, 3.63) is 62.5 Å². The second-order valence-corrected chi connectivity index (χ2v) is 6.08. The van der Waals surface area contributed by atoms with Crippen LogP contribution in [0.1, 0.15) is 17.2 Å². The van der Waals surface area contributed by atoms with Gasteiger partial charge in [0.15, 0.2) is 0 Å². The lowest BCUT2D eigenvalue weighted by Gasteiger charge is -2.18. The molecule has 0 aliphatic carbocycles. The molecule has 1 unspecified atom stereocenters. The Labute approximate surface area is 130 Å². The van der Waals surface area contributed by atoms with Crippen molar-refractivity contribution in [3.63, 3.8) is 0 Å². The zero-order chi connectivity index (χ0) is 13.8. The monoisotopic (exact) mass is 383 g/mol. The van der Waals surface area contributed by atoms with Crippen LogP contribution in [0, 0.1) is 6.92 Å². The highest BCUT2D eigenvalue weighted by Gasteiger charge is 2.12. The molecule has 0 aliphatic rings. The number of hydrogen-bond donors (Lipinski definition) is 1. The first-order chi connectivity index (χ1) is 9.10. The van der Waals surface area contributed by atoms with E-state index in [1.165, 1.54) is 0 Å².